The first-order valence-corrected chi connectivity index (χ1v) is 12.6. The Hall–Kier alpha value is -4.61. The molecule has 1 amide bonds. The number of pyridine rings is 2. The molecule has 42 heavy (non-hydrogen) atoms. The highest BCUT2D eigenvalue weighted by Gasteiger charge is 2.31. The summed E-state index contributed by atoms with van der Waals surface area (Å²) < 4.78 is 67.0. The van der Waals surface area contributed by atoms with Gasteiger partial charge in [0.25, 0.3) is 5.56 Å². The van der Waals surface area contributed by atoms with Gasteiger partial charge in [-0.15, -0.1) is 0 Å². The molecule has 0 aliphatic carbocycles. The number of aryl methyl sites for hydroxylation is 2. The van der Waals surface area contributed by atoms with Crippen molar-refractivity contribution >= 4 is 28.3 Å². The molecule has 4 aromatic rings. The number of nitrogen functional groups attached to an aromatic ring is 1. The van der Waals surface area contributed by atoms with Crippen molar-refractivity contribution in [3.63, 3.8) is 0 Å². The van der Waals surface area contributed by atoms with E-state index in [0.29, 0.717) is 24.5 Å². The van der Waals surface area contributed by atoms with Crippen LogP contribution in [0.3, 0.4) is 0 Å². The first-order chi connectivity index (χ1) is 19.4. The van der Waals surface area contributed by atoms with Gasteiger partial charge >= 0.3 is 6.18 Å². The quantitative estimate of drug-likeness (QED) is 0.247. The van der Waals surface area contributed by atoms with Crippen molar-refractivity contribution < 1.29 is 31.5 Å². The number of hydrogen-bond donors (Lipinski definition) is 2. The second-order valence-corrected chi connectivity index (χ2v) is 9.49. The van der Waals surface area contributed by atoms with Gasteiger partial charge in [0.1, 0.15) is 5.82 Å². The van der Waals surface area contributed by atoms with Crippen molar-refractivity contribution in [2.45, 2.75) is 51.9 Å². The Labute approximate surface area is 238 Å². The highest BCUT2D eigenvalue weighted by Crippen LogP contribution is 2.28. The lowest BCUT2D eigenvalue weighted by molar-refractivity contribution is -0.138. The van der Waals surface area contributed by atoms with Crippen molar-refractivity contribution in [2.75, 3.05) is 5.73 Å². The highest BCUT2D eigenvalue weighted by molar-refractivity contribution is 5.92. The summed E-state index contributed by atoms with van der Waals surface area (Å²) in [6.45, 7) is -0.365. The summed E-state index contributed by atoms with van der Waals surface area (Å²) in [5, 5.41) is 4.13. The molecule has 0 radical (unpaired) electrons. The normalized spacial score (nSPS) is 12.0. The van der Waals surface area contributed by atoms with Crippen LogP contribution < -0.4 is 16.6 Å². The molecule has 0 fully saturated rings. The zero-order valence-electron chi connectivity index (χ0n) is 21.6. The van der Waals surface area contributed by atoms with Gasteiger partial charge in [-0.2, -0.15) is 13.2 Å². The van der Waals surface area contributed by atoms with Crippen LogP contribution in [0.1, 0.15) is 37.0 Å². The summed E-state index contributed by atoms with van der Waals surface area (Å²) in [6, 6.07) is 10.6. The van der Waals surface area contributed by atoms with E-state index in [4.69, 9.17) is 5.73 Å². The van der Waals surface area contributed by atoms with Gasteiger partial charge in [-0.25, -0.2) is 13.8 Å². The van der Waals surface area contributed by atoms with Crippen molar-refractivity contribution in [3.05, 3.63) is 106 Å². The van der Waals surface area contributed by atoms with Crippen LogP contribution in [0.5, 0.6) is 0 Å². The van der Waals surface area contributed by atoms with Crippen molar-refractivity contribution in [3.8, 4) is 0 Å². The molecule has 4 rings (SSSR count). The molecule has 1 atom stereocenters. The molecule has 12 heteroatoms. The van der Waals surface area contributed by atoms with Crippen LogP contribution in [0.25, 0.3) is 10.8 Å². The van der Waals surface area contributed by atoms with Crippen LogP contribution in [0.2, 0.25) is 0 Å². The third kappa shape index (κ3) is 7.99. The van der Waals surface area contributed by atoms with Crippen LogP contribution in [0, 0.1) is 11.6 Å². The SMILES string of the molecule is C.Nc1nccc2cc(CCC(=O)[C@H](Cc3ccc(F)c(F)c3)NC(=O)CCn3cc(C(F)(F)F)ccc3=O)ccc12. The number of aromatic nitrogens is 2. The number of benzene rings is 2. The third-order valence-corrected chi connectivity index (χ3v) is 6.56. The second-order valence-electron chi connectivity index (χ2n) is 9.49. The molecule has 222 valence electrons. The molecule has 0 spiro atoms. The predicted molar refractivity (Wildman–Crippen MR) is 149 cm³/mol. The lowest BCUT2D eigenvalue weighted by atomic mass is 9.96. The molecule has 0 aliphatic heterocycles. The maximum Gasteiger partial charge on any atom is 0.417 e. The molecule has 2 heterocycles. The topological polar surface area (TPSA) is 107 Å². The minimum absolute atomic E-state index is 0. The molecule has 0 saturated heterocycles. The van der Waals surface area contributed by atoms with Gasteiger partial charge in [0.2, 0.25) is 5.91 Å². The Kier molecular flexibility index (Phi) is 10.2. The summed E-state index contributed by atoms with van der Waals surface area (Å²) in [5.74, 6) is -2.92. The van der Waals surface area contributed by atoms with Crippen LogP contribution in [0.4, 0.5) is 27.8 Å². The number of rotatable bonds is 10. The Morgan fingerprint density at radius 2 is 1.69 bits per heavy atom. The molecule has 2 aromatic heterocycles. The van der Waals surface area contributed by atoms with Crippen LogP contribution >= 0.6 is 0 Å². The van der Waals surface area contributed by atoms with E-state index < -0.39 is 53.1 Å². The van der Waals surface area contributed by atoms with Gasteiger partial charge in [0.15, 0.2) is 17.4 Å². The summed E-state index contributed by atoms with van der Waals surface area (Å²) in [4.78, 5) is 42.0. The highest BCUT2D eigenvalue weighted by atomic mass is 19.4. The molecule has 0 saturated carbocycles. The largest absolute Gasteiger partial charge is 0.417 e. The Bertz CT molecular complexity index is 1650. The lowest BCUT2D eigenvalue weighted by Crippen LogP contribution is -2.43. The summed E-state index contributed by atoms with van der Waals surface area (Å²) in [5.41, 5.74) is 5.18. The molecular formula is C30H29F5N4O3. The van der Waals surface area contributed by atoms with E-state index >= 15 is 0 Å². The van der Waals surface area contributed by atoms with E-state index in [1.165, 1.54) is 6.07 Å². The number of alkyl halides is 3. The average Bonchev–Trinajstić information content (AvgIpc) is 2.92. The van der Waals surface area contributed by atoms with E-state index in [-0.39, 0.29) is 32.4 Å². The average molecular weight is 589 g/mol. The van der Waals surface area contributed by atoms with Crippen LogP contribution in [-0.4, -0.2) is 27.3 Å². The molecule has 2 aromatic carbocycles. The number of fused-ring (bicyclic) bond motifs is 1. The maximum absolute atomic E-state index is 13.8. The lowest BCUT2D eigenvalue weighted by Gasteiger charge is -2.19. The number of carbonyl (C=O) groups excluding carboxylic acids is 2. The first-order valence-electron chi connectivity index (χ1n) is 12.6. The minimum atomic E-state index is -4.67. The van der Waals surface area contributed by atoms with Crippen LogP contribution in [0.15, 0.2) is 71.8 Å². The first kappa shape index (κ1) is 31.9. The predicted octanol–water partition coefficient (Wildman–Crippen LogP) is 5.23. The number of amides is 1. The van der Waals surface area contributed by atoms with Crippen molar-refractivity contribution in [2.24, 2.45) is 0 Å². The standard InChI is InChI=1S/C29H25F5N4O3.CH4/c30-22-6-2-18(14-23(22)31)15-24(25(39)7-3-17-1-5-21-19(13-17)9-11-36-28(21)35)37-26(40)10-12-38-16-20(29(32,33)34)4-8-27(38)41;/h1-2,4-6,8-9,11,13-14,16,24H,3,7,10,12,15H2,(H2,35,36)(H,37,40);1H4/t24-;/m0./s1. The number of halogens is 5. The van der Waals surface area contributed by atoms with E-state index in [1.807, 2.05) is 6.07 Å². The van der Waals surface area contributed by atoms with Crippen molar-refractivity contribution in [1.82, 2.24) is 14.9 Å². The van der Waals surface area contributed by atoms with Gasteiger partial charge in [-0.3, -0.25) is 14.4 Å². The van der Waals surface area contributed by atoms with Gasteiger partial charge in [-0.1, -0.05) is 31.7 Å². The maximum atomic E-state index is 13.8. The fourth-order valence-electron chi connectivity index (χ4n) is 4.36. The number of anilines is 1. The van der Waals surface area contributed by atoms with Gasteiger partial charge < -0.3 is 15.6 Å². The number of hydrogen-bond acceptors (Lipinski definition) is 5. The molecule has 3 N–H and O–H groups in total. The molecule has 0 unspecified atom stereocenters. The number of nitrogens with two attached hydrogens (primary N) is 1. The second kappa shape index (κ2) is 13.4. The van der Waals surface area contributed by atoms with Crippen molar-refractivity contribution in [1.29, 1.82) is 0 Å². The monoisotopic (exact) mass is 588 g/mol. The molecular weight excluding hydrogens is 559 g/mol. The zero-order chi connectivity index (χ0) is 29.7. The van der Waals surface area contributed by atoms with Gasteiger partial charge in [0.05, 0.1) is 11.6 Å². The number of nitrogens with one attached hydrogen (secondary N) is 1. The fourth-order valence-corrected chi connectivity index (χ4v) is 4.36. The third-order valence-electron chi connectivity index (χ3n) is 6.56. The number of nitrogens with zero attached hydrogens (tertiary/aromatic N) is 2. The minimum Gasteiger partial charge on any atom is -0.383 e. The van der Waals surface area contributed by atoms with Crippen LogP contribution in [-0.2, 0) is 35.2 Å². The molecule has 0 aliphatic rings. The van der Waals surface area contributed by atoms with E-state index in [0.717, 1.165) is 39.1 Å². The molecule has 0 bridgehead atoms. The number of ketones is 1. The smallest absolute Gasteiger partial charge is 0.383 e. The summed E-state index contributed by atoms with van der Waals surface area (Å²) >= 11 is 0. The summed E-state index contributed by atoms with van der Waals surface area (Å²) in [7, 11) is 0. The van der Waals surface area contributed by atoms with E-state index in [1.54, 1.807) is 24.4 Å². The Balaban J connectivity index is 0.00000484. The number of Topliss-reactive ketones (excluding diaryl/α,β-unsaturated/α-hetero) is 1. The molecule has 7 nitrogen and oxygen atoms in total. The van der Waals surface area contributed by atoms with E-state index in [9.17, 15) is 36.3 Å². The van der Waals surface area contributed by atoms with Gasteiger partial charge in [-0.05, 0) is 53.6 Å². The zero-order valence-corrected chi connectivity index (χ0v) is 21.6. The summed E-state index contributed by atoms with van der Waals surface area (Å²) in [6.07, 6.45) is -2.74. The van der Waals surface area contributed by atoms with Gasteiger partial charge in [0, 0.05) is 43.2 Å². The fraction of sp³-hybridized carbons (Fsp3) is 0.267. The van der Waals surface area contributed by atoms with E-state index in [2.05, 4.69) is 10.3 Å². The number of carbonyl (C=O) groups is 2. The Morgan fingerprint density at radius 3 is 2.40 bits per heavy atom. The Morgan fingerprint density at radius 1 is 0.952 bits per heavy atom.